The van der Waals surface area contributed by atoms with Crippen molar-refractivity contribution in [3.63, 3.8) is 0 Å². The molecule has 26 heavy (non-hydrogen) atoms. The number of hydrogen-bond acceptors (Lipinski definition) is 3. The number of amides is 1. The maximum absolute atomic E-state index is 12.3. The van der Waals surface area contributed by atoms with Crippen LogP contribution in [0.25, 0.3) is 0 Å². The zero-order valence-corrected chi connectivity index (χ0v) is 13.9. The van der Waals surface area contributed by atoms with E-state index in [0.717, 1.165) is 5.56 Å². The van der Waals surface area contributed by atoms with Gasteiger partial charge in [0.05, 0.1) is 17.7 Å². The van der Waals surface area contributed by atoms with E-state index in [4.69, 9.17) is 4.74 Å². The maximum atomic E-state index is 12.3. The van der Waals surface area contributed by atoms with E-state index in [9.17, 15) is 14.7 Å². The third kappa shape index (κ3) is 4.48. The Morgan fingerprint density at radius 2 is 1.50 bits per heavy atom. The Hall–Kier alpha value is -3.60. The first-order chi connectivity index (χ1) is 12.6. The second kappa shape index (κ2) is 7.98. The zero-order valence-electron chi connectivity index (χ0n) is 13.9. The van der Waals surface area contributed by atoms with E-state index < -0.39 is 5.97 Å². The standard InChI is InChI=1S/C21H17NO4/c23-20(13-15-7-3-1-4-8-15)22-19-14-17(11-12-18(19)21(24)25)26-16-9-5-2-6-10-16/h1-12,14H,13H2,(H,22,23)(H,24,25). The van der Waals surface area contributed by atoms with E-state index in [-0.39, 0.29) is 23.6 Å². The van der Waals surface area contributed by atoms with Gasteiger partial charge in [-0.25, -0.2) is 4.79 Å². The number of carboxylic acid groups (broad SMARTS) is 1. The van der Waals surface area contributed by atoms with Crippen LogP contribution >= 0.6 is 0 Å². The highest BCUT2D eigenvalue weighted by Gasteiger charge is 2.14. The number of carbonyl (C=O) groups excluding carboxylic acids is 1. The van der Waals surface area contributed by atoms with Crippen LogP contribution in [0.15, 0.2) is 78.9 Å². The summed E-state index contributed by atoms with van der Waals surface area (Å²) in [7, 11) is 0. The van der Waals surface area contributed by atoms with E-state index in [2.05, 4.69) is 5.32 Å². The number of benzene rings is 3. The second-order valence-corrected chi connectivity index (χ2v) is 5.64. The number of carbonyl (C=O) groups is 2. The van der Waals surface area contributed by atoms with E-state index >= 15 is 0 Å². The van der Waals surface area contributed by atoms with Gasteiger partial charge in [-0.2, -0.15) is 0 Å². The number of anilines is 1. The molecule has 0 aliphatic heterocycles. The molecular weight excluding hydrogens is 330 g/mol. The van der Waals surface area contributed by atoms with Crippen molar-refractivity contribution >= 4 is 17.6 Å². The summed E-state index contributed by atoms with van der Waals surface area (Å²) >= 11 is 0. The lowest BCUT2D eigenvalue weighted by molar-refractivity contribution is -0.115. The molecule has 0 saturated heterocycles. The molecule has 3 rings (SSSR count). The smallest absolute Gasteiger partial charge is 0.337 e. The molecular formula is C21H17NO4. The van der Waals surface area contributed by atoms with Crippen LogP contribution in [0.1, 0.15) is 15.9 Å². The van der Waals surface area contributed by atoms with Gasteiger partial charge in [-0.05, 0) is 29.8 Å². The van der Waals surface area contributed by atoms with Gasteiger partial charge in [0, 0.05) is 6.07 Å². The van der Waals surface area contributed by atoms with Gasteiger partial charge in [-0.1, -0.05) is 48.5 Å². The molecule has 0 bridgehead atoms. The lowest BCUT2D eigenvalue weighted by Crippen LogP contribution is -2.16. The lowest BCUT2D eigenvalue weighted by Gasteiger charge is -2.12. The first-order valence-corrected chi connectivity index (χ1v) is 8.06. The van der Waals surface area contributed by atoms with Gasteiger partial charge < -0.3 is 15.2 Å². The molecule has 0 fully saturated rings. The maximum Gasteiger partial charge on any atom is 0.337 e. The molecule has 3 aromatic rings. The van der Waals surface area contributed by atoms with Gasteiger partial charge in [0.25, 0.3) is 0 Å². The molecule has 0 spiro atoms. The van der Waals surface area contributed by atoms with Gasteiger partial charge in [-0.15, -0.1) is 0 Å². The average molecular weight is 347 g/mol. The summed E-state index contributed by atoms with van der Waals surface area (Å²) in [6.45, 7) is 0. The largest absolute Gasteiger partial charge is 0.478 e. The second-order valence-electron chi connectivity index (χ2n) is 5.64. The number of para-hydroxylation sites is 1. The summed E-state index contributed by atoms with van der Waals surface area (Å²) in [6, 6.07) is 22.9. The van der Waals surface area contributed by atoms with Crippen LogP contribution in [0.5, 0.6) is 11.5 Å². The van der Waals surface area contributed by atoms with E-state index in [1.165, 1.54) is 12.1 Å². The number of ether oxygens (including phenoxy) is 1. The number of carboxylic acids is 1. The van der Waals surface area contributed by atoms with E-state index in [0.29, 0.717) is 11.5 Å². The Balaban J connectivity index is 1.80. The summed E-state index contributed by atoms with van der Waals surface area (Å²) in [5, 5.41) is 12.0. The highest BCUT2D eigenvalue weighted by atomic mass is 16.5. The third-order valence-electron chi connectivity index (χ3n) is 3.68. The first-order valence-electron chi connectivity index (χ1n) is 8.06. The Morgan fingerprint density at radius 1 is 0.846 bits per heavy atom. The quantitative estimate of drug-likeness (QED) is 0.695. The molecule has 0 saturated carbocycles. The summed E-state index contributed by atoms with van der Waals surface area (Å²) in [6.07, 6.45) is 0.156. The Morgan fingerprint density at radius 3 is 2.15 bits per heavy atom. The van der Waals surface area contributed by atoms with Crippen LogP contribution in [0, 0.1) is 0 Å². The van der Waals surface area contributed by atoms with Crippen molar-refractivity contribution in [1.29, 1.82) is 0 Å². The van der Waals surface area contributed by atoms with Crippen LogP contribution in [0.3, 0.4) is 0 Å². The minimum atomic E-state index is -1.12. The van der Waals surface area contributed by atoms with Crippen LogP contribution in [-0.2, 0) is 11.2 Å². The highest BCUT2D eigenvalue weighted by Crippen LogP contribution is 2.27. The Bertz CT molecular complexity index is 908. The molecule has 0 aromatic heterocycles. The minimum Gasteiger partial charge on any atom is -0.478 e. The Kier molecular flexibility index (Phi) is 5.29. The zero-order chi connectivity index (χ0) is 18.4. The molecule has 0 aliphatic rings. The molecule has 0 atom stereocenters. The average Bonchev–Trinajstić information content (AvgIpc) is 2.63. The predicted molar refractivity (Wildman–Crippen MR) is 98.7 cm³/mol. The van der Waals surface area contributed by atoms with Crippen LogP contribution in [0.4, 0.5) is 5.69 Å². The van der Waals surface area contributed by atoms with Gasteiger partial charge >= 0.3 is 5.97 Å². The molecule has 5 nitrogen and oxygen atoms in total. The molecule has 0 unspecified atom stereocenters. The van der Waals surface area contributed by atoms with Gasteiger partial charge in [-0.3, -0.25) is 4.79 Å². The van der Waals surface area contributed by atoms with Crippen molar-refractivity contribution < 1.29 is 19.4 Å². The SMILES string of the molecule is O=C(Cc1ccccc1)Nc1cc(Oc2ccccc2)ccc1C(=O)O. The van der Waals surface area contributed by atoms with Crippen molar-refractivity contribution in [3.8, 4) is 11.5 Å². The monoisotopic (exact) mass is 347 g/mol. The molecule has 5 heteroatoms. The summed E-state index contributed by atoms with van der Waals surface area (Å²) < 4.78 is 5.71. The van der Waals surface area contributed by atoms with Gasteiger partial charge in [0.15, 0.2) is 0 Å². The van der Waals surface area contributed by atoms with Crippen LogP contribution in [0.2, 0.25) is 0 Å². The lowest BCUT2D eigenvalue weighted by atomic mass is 10.1. The Labute approximate surface area is 150 Å². The number of hydrogen-bond donors (Lipinski definition) is 2. The molecule has 0 aliphatic carbocycles. The fourth-order valence-corrected chi connectivity index (χ4v) is 2.48. The van der Waals surface area contributed by atoms with E-state index in [1.54, 1.807) is 18.2 Å². The molecule has 0 heterocycles. The number of rotatable bonds is 6. The number of nitrogens with one attached hydrogen (secondary N) is 1. The third-order valence-corrected chi connectivity index (χ3v) is 3.68. The molecule has 0 radical (unpaired) electrons. The van der Waals surface area contributed by atoms with Crippen molar-refractivity contribution in [2.45, 2.75) is 6.42 Å². The normalized spacial score (nSPS) is 10.2. The molecule has 2 N–H and O–H groups in total. The van der Waals surface area contributed by atoms with Crippen molar-refractivity contribution in [1.82, 2.24) is 0 Å². The first kappa shape index (κ1) is 17.2. The minimum absolute atomic E-state index is 0.00632. The van der Waals surface area contributed by atoms with Crippen molar-refractivity contribution in [2.24, 2.45) is 0 Å². The summed E-state index contributed by atoms with van der Waals surface area (Å²) in [5.74, 6) is -0.352. The molecule has 1 amide bonds. The van der Waals surface area contributed by atoms with Gasteiger partial charge in [0.1, 0.15) is 11.5 Å². The molecule has 130 valence electrons. The summed E-state index contributed by atoms with van der Waals surface area (Å²) in [5.41, 5.74) is 1.05. The topological polar surface area (TPSA) is 75.6 Å². The fraction of sp³-hybridized carbons (Fsp3) is 0.0476. The van der Waals surface area contributed by atoms with Gasteiger partial charge in [0.2, 0.25) is 5.91 Å². The summed E-state index contributed by atoms with van der Waals surface area (Å²) in [4.78, 5) is 23.7. The molecule has 3 aromatic carbocycles. The van der Waals surface area contributed by atoms with Crippen LogP contribution in [-0.4, -0.2) is 17.0 Å². The number of aromatic carboxylic acids is 1. The predicted octanol–water partition coefficient (Wildman–Crippen LogP) is 4.36. The van der Waals surface area contributed by atoms with Crippen molar-refractivity contribution in [2.75, 3.05) is 5.32 Å². The van der Waals surface area contributed by atoms with E-state index in [1.807, 2.05) is 48.5 Å². The van der Waals surface area contributed by atoms with Crippen molar-refractivity contribution in [3.05, 3.63) is 90.0 Å². The fourth-order valence-electron chi connectivity index (χ4n) is 2.48. The van der Waals surface area contributed by atoms with Crippen LogP contribution < -0.4 is 10.1 Å². The highest BCUT2D eigenvalue weighted by molar-refractivity contribution is 6.01.